The first-order chi connectivity index (χ1) is 11.6. The van der Waals surface area contributed by atoms with Crippen LogP contribution in [0.25, 0.3) is 0 Å². The van der Waals surface area contributed by atoms with Crippen molar-refractivity contribution < 1.29 is 23.8 Å². The van der Waals surface area contributed by atoms with Gasteiger partial charge >= 0.3 is 12.0 Å². The van der Waals surface area contributed by atoms with E-state index in [0.29, 0.717) is 30.2 Å². The maximum Gasteiger partial charge on any atom is 0.319 e. The van der Waals surface area contributed by atoms with Crippen LogP contribution in [-0.2, 0) is 9.53 Å². The summed E-state index contributed by atoms with van der Waals surface area (Å²) in [5.74, 6) is 0.0566. The number of carbonyl (C=O) groups is 2. The number of nitrogens with one attached hydrogen (secondary N) is 2. The van der Waals surface area contributed by atoms with Gasteiger partial charge in [0.05, 0.1) is 12.6 Å². The van der Waals surface area contributed by atoms with E-state index in [1.165, 1.54) is 0 Å². The summed E-state index contributed by atoms with van der Waals surface area (Å²) in [7, 11) is 0. The van der Waals surface area contributed by atoms with E-state index in [-0.39, 0.29) is 6.79 Å². The molecule has 1 saturated heterocycles. The van der Waals surface area contributed by atoms with Crippen molar-refractivity contribution in [3.8, 4) is 11.5 Å². The SMILES string of the molecule is C=C1NC(=O)N[C@H](c2ccc3c(c2)OCO3)[C@H]1C(=O)OCCCBr. The molecule has 1 aromatic rings. The van der Waals surface area contributed by atoms with Gasteiger partial charge in [-0.1, -0.05) is 28.6 Å². The van der Waals surface area contributed by atoms with Gasteiger partial charge in [-0.25, -0.2) is 4.79 Å². The molecular formula is C16H17BrN2O5. The van der Waals surface area contributed by atoms with Crippen molar-refractivity contribution >= 4 is 27.9 Å². The van der Waals surface area contributed by atoms with Gasteiger partial charge in [0.25, 0.3) is 0 Å². The maximum atomic E-state index is 12.5. The van der Waals surface area contributed by atoms with Crippen LogP contribution >= 0.6 is 15.9 Å². The molecule has 2 amide bonds. The third-order valence-electron chi connectivity index (χ3n) is 3.80. The molecule has 2 atom stereocenters. The average molecular weight is 397 g/mol. The number of hydrogen-bond acceptors (Lipinski definition) is 5. The molecular weight excluding hydrogens is 380 g/mol. The van der Waals surface area contributed by atoms with Crippen molar-refractivity contribution in [1.29, 1.82) is 0 Å². The molecule has 3 rings (SSSR count). The molecule has 0 aromatic heterocycles. The lowest BCUT2D eigenvalue weighted by atomic mass is 9.89. The van der Waals surface area contributed by atoms with Crippen LogP contribution in [0.2, 0.25) is 0 Å². The number of amides is 2. The number of fused-ring (bicyclic) bond motifs is 1. The van der Waals surface area contributed by atoms with Crippen molar-refractivity contribution in [2.45, 2.75) is 12.5 Å². The first-order valence-electron chi connectivity index (χ1n) is 7.48. The Morgan fingerprint density at radius 2 is 2.17 bits per heavy atom. The maximum absolute atomic E-state index is 12.5. The van der Waals surface area contributed by atoms with Crippen LogP contribution in [0.5, 0.6) is 11.5 Å². The van der Waals surface area contributed by atoms with Gasteiger partial charge in [0.15, 0.2) is 11.5 Å². The highest BCUT2D eigenvalue weighted by molar-refractivity contribution is 9.09. The zero-order valence-electron chi connectivity index (χ0n) is 12.8. The molecule has 1 fully saturated rings. The monoisotopic (exact) mass is 396 g/mol. The molecule has 0 saturated carbocycles. The number of benzene rings is 1. The molecule has 0 bridgehead atoms. The van der Waals surface area contributed by atoms with Crippen molar-refractivity contribution in [2.75, 3.05) is 18.7 Å². The summed E-state index contributed by atoms with van der Waals surface area (Å²) in [6.45, 7) is 4.26. The summed E-state index contributed by atoms with van der Waals surface area (Å²) in [5.41, 5.74) is 1.03. The van der Waals surface area contributed by atoms with Crippen LogP contribution in [0.15, 0.2) is 30.5 Å². The highest BCUT2D eigenvalue weighted by Gasteiger charge is 2.39. The van der Waals surface area contributed by atoms with E-state index in [1.54, 1.807) is 18.2 Å². The Kier molecular flexibility index (Phi) is 4.94. The second-order valence-corrected chi connectivity index (χ2v) is 6.19. The fourth-order valence-electron chi connectivity index (χ4n) is 2.66. The predicted molar refractivity (Wildman–Crippen MR) is 89.0 cm³/mol. The number of ether oxygens (including phenoxy) is 3. The minimum absolute atomic E-state index is 0.155. The first kappa shape index (κ1) is 16.6. The summed E-state index contributed by atoms with van der Waals surface area (Å²) in [6, 6.07) is 4.30. The van der Waals surface area contributed by atoms with E-state index in [0.717, 1.165) is 10.9 Å². The molecule has 128 valence electrons. The van der Waals surface area contributed by atoms with Gasteiger partial charge in [0.1, 0.15) is 5.92 Å². The fraction of sp³-hybridized carbons (Fsp3) is 0.375. The summed E-state index contributed by atoms with van der Waals surface area (Å²) in [5, 5.41) is 6.04. The highest BCUT2D eigenvalue weighted by Crippen LogP contribution is 2.37. The summed E-state index contributed by atoms with van der Waals surface area (Å²) < 4.78 is 15.9. The molecule has 2 aliphatic rings. The normalized spacial score (nSPS) is 21.9. The van der Waals surface area contributed by atoms with E-state index in [2.05, 4.69) is 33.1 Å². The molecule has 0 radical (unpaired) electrons. The third kappa shape index (κ3) is 3.33. The number of rotatable bonds is 5. The van der Waals surface area contributed by atoms with E-state index in [1.807, 2.05) is 0 Å². The molecule has 2 aliphatic heterocycles. The molecule has 2 heterocycles. The number of carbonyl (C=O) groups excluding carboxylic acids is 2. The van der Waals surface area contributed by atoms with E-state index < -0.39 is 24.0 Å². The van der Waals surface area contributed by atoms with Crippen LogP contribution in [0, 0.1) is 5.92 Å². The van der Waals surface area contributed by atoms with Crippen LogP contribution in [0.3, 0.4) is 0 Å². The van der Waals surface area contributed by atoms with Gasteiger partial charge in [-0.15, -0.1) is 0 Å². The van der Waals surface area contributed by atoms with Gasteiger partial charge in [-0.05, 0) is 24.1 Å². The summed E-state index contributed by atoms with van der Waals surface area (Å²) >= 11 is 3.29. The Hall–Kier alpha value is -2.22. The van der Waals surface area contributed by atoms with Gasteiger partial charge in [0.2, 0.25) is 6.79 Å². The second-order valence-electron chi connectivity index (χ2n) is 5.40. The summed E-state index contributed by atoms with van der Waals surface area (Å²) in [4.78, 5) is 24.3. The van der Waals surface area contributed by atoms with Gasteiger partial charge in [-0.3, -0.25) is 4.79 Å². The van der Waals surface area contributed by atoms with E-state index >= 15 is 0 Å². The Morgan fingerprint density at radius 1 is 1.38 bits per heavy atom. The van der Waals surface area contributed by atoms with E-state index in [9.17, 15) is 9.59 Å². The Morgan fingerprint density at radius 3 is 2.96 bits per heavy atom. The van der Waals surface area contributed by atoms with Crippen LogP contribution in [0.1, 0.15) is 18.0 Å². The van der Waals surface area contributed by atoms with Gasteiger partial charge < -0.3 is 24.8 Å². The Bertz CT molecular complexity index is 678. The number of urea groups is 1. The number of hydrogen-bond donors (Lipinski definition) is 2. The molecule has 7 nitrogen and oxygen atoms in total. The number of alkyl halides is 1. The second kappa shape index (κ2) is 7.12. The lowest BCUT2D eigenvalue weighted by Crippen LogP contribution is -2.51. The van der Waals surface area contributed by atoms with Crippen molar-refractivity contribution in [3.05, 3.63) is 36.0 Å². The number of halogens is 1. The van der Waals surface area contributed by atoms with Crippen LogP contribution in [0.4, 0.5) is 4.79 Å². The topological polar surface area (TPSA) is 85.9 Å². The Balaban J connectivity index is 1.85. The average Bonchev–Trinajstić information content (AvgIpc) is 3.01. The molecule has 0 aliphatic carbocycles. The zero-order valence-corrected chi connectivity index (χ0v) is 14.4. The van der Waals surface area contributed by atoms with Gasteiger partial charge in [-0.2, -0.15) is 0 Å². The van der Waals surface area contributed by atoms with Crippen LogP contribution in [-0.4, -0.2) is 30.7 Å². The van der Waals surface area contributed by atoms with Crippen molar-refractivity contribution in [3.63, 3.8) is 0 Å². The number of esters is 1. The Labute approximate surface area is 147 Å². The van der Waals surface area contributed by atoms with E-state index in [4.69, 9.17) is 14.2 Å². The van der Waals surface area contributed by atoms with Gasteiger partial charge in [0, 0.05) is 11.0 Å². The fourth-order valence-corrected chi connectivity index (χ4v) is 2.89. The molecule has 0 unspecified atom stereocenters. The highest BCUT2D eigenvalue weighted by atomic mass is 79.9. The molecule has 2 N–H and O–H groups in total. The molecule has 0 spiro atoms. The minimum atomic E-state index is -0.724. The lowest BCUT2D eigenvalue weighted by molar-refractivity contribution is -0.148. The summed E-state index contributed by atoms with van der Waals surface area (Å²) in [6.07, 6.45) is 0.708. The lowest BCUT2D eigenvalue weighted by Gasteiger charge is -2.33. The molecule has 24 heavy (non-hydrogen) atoms. The molecule has 1 aromatic carbocycles. The largest absolute Gasteiger partial charge is 0.465 e. The van der Waals surface area contributed by atoms with Crippen molar-refractivity contribution in [2.24, 2.45) is 5.92 Å². The smallest absolute Gasteiger partial charge is 0.319 e. The molecule has 8 heteroatoms. The first-order valence-corrected chi connectivity index (χ1v) is 8.60. The zero-order chi connectivity index (χ0) is 17.1. The van der Waals surface area contributed by atoms with Crippen molar-refractivity contribution in [1.82, 2.24) is 10.6 Å². The van der Waals surface area contributed by atoms with Crippen LogP contribution < -0.4 is 20.1 Å². The quantitative estimate of drug-likeness (QED) is 0.452. The predicted octanol–water partition coefficient (Wildman–Crippen LogP) is 2.23. The minimum Gasteiger partial charge on any atom is -0.465 e. The third-order valence-corrected chi connectivity index (χ3v) is 4.36. The standard InChI is InChI=1S/C16H17BrN2O5/c1-9-13(15(20)22-6-2-5-17)14(19-16(21)18-9)10-3-4-11-12(7-10)24-8-23-11/h3-4,7,13-14H,1-2,5-6,8H2,(H2,18,19,21)/t13-,14+/m0/s1.